The molecule has 0 aromatic heterocycles. The van der Waals surface area contributed by atoms with Crippen molar-refractivity contribution < 1.29 is 9.47 Å². The first-order chi connectivity index (χ1) is 9.63. The zero-order valence-corrected chi connectivity index (χ0v) is 12.8. The summed E-state index contributed by atoms with van der Waals surface area (Å²) in [5, 5.41) is 4.07. The van der Waals surface area contributed by atoms with Gasteiger partial charge in [0.15, 0.2) is 0 Å². The number of nitrogens with one attached hydrogen (secondary N) is 1. The summed E-state index contributed by atoms with van der Waals surface area (Å²) in [4.78, 5) is 0. The Labute approximate surface area is 128 Å². The molecule has 2 aromatic rings. The predicted molar refractivity (Wildman–Crippen MR) is 82.3 cm³/mol. The van der Waals surface area contributed by atoms with E-state index in [0.29, 0.717) is 22.3 Å². The quantitative estimate of drug-likeness (QED) is 0.881. The topological polar surface area (TPSA) is 30.5 Å². The largest absolute Gasteiger partial charge is 0.497 e. The average Bonchev–Trinajstić information content (AvgIpc) is 2.45. The lowest BCUT2D eigenvalue weighted by Crippen LogP contribution is -2.06. The third-order valence-electron chi connectivity index (χ3n) is 2.75. The highest BCUT2D eigenvalue weighted by Crippen LogP contribution is 2.32. The summed E-state index contributed by atoms with van der Waals surface area (Å²) < 4.78 is 11.1. The van der Waals surface area contributed by atoms with Crippen molar-refractivity contribution in [3.8, 4) is 17.2 Å². The van der Waals surface area contributed by atoms with E-state index in [1.807, 2.05) is 25.2 Å². The minimum Gasteiger partial charge on any atom is -0.497 e. The molecule has 5 heteroatoms. The van der Waals surface area contributed by atoms with Gasteiger partial charge in [0.05, 0.1) is 17.2 Å². The molecule has 0 fully saturated rings. The maximum Gasteiger partial charge on any atom is 0.132 e. The van der Waals surface area contributed by atoms with Crippen LogP contribution in [0.2, 0.25) is 10.0 Å². The van der Waals surface area contributed by atoms with Gasteiger partial charge in [-0.15, -0.1) is 0 Å². The zero-order valence-electron chi connectivity index (χ0n) is 11.2. The van der Waals surface area contributed by atoms with Crippen LogP contribution < -0.4 is 14.8 Å². The molecule has 0 radical (unpaired) electrons. The van der Waals surface area contributed by atoms with Crippen LogP contribution in [0.15, 0.2) is 36.4 Å². The number of methoxy groups -OCH3 is 1. The Morgan fingerprint density at radius 1 is 1.00 bits per heavy atom. The molecule has 2 aromatic carbocycles. The summed E-state index contributed by atoms with van der Waals surface area (Å²) in [6.45, 7) is 0.674. The van der Waals surface area contributed by atoms with Crippen molar-refractivity contribution in [3.05, 3.63) is 52.0 Å². The van der Waals surface area contributed by atoms with Gasteiger partial charge in [0, 0.05) is 18.2 Å². The lowest BCUT2D eigenvalue weighted by atomic mass is 10.2. The van der Waals surface area contributed by atoms with Crippen LogP contribution in [0.4, 0.5) is 0 Å². The molecule has 0 heterocycles. The zero-order chi connectivity index (χ0) is 14.5. The van der Waals surface area contributed by atoms with Crippen molar-refractivity contribution in [2.75, 3.05) is 14.2 Å². The van der Waals surface area contributed by atoms with E-state index in [2.05, 4.69) is 5.32 Å². The summed E-state index contributed by atoms with van der Waals surface area (Å²) in [5.74, 6) is 2.18. The minimum absolute atomic E-state index is 0.466. The minimum atomic E-state index is 0.466. The van der Waals surface area contributed by atoms with E-state index in [1.54, 1.807) is 25.3 Å². The molecule has 0 aliphatic carbocycles. The Balaban J connectivity index is 2.29. The molecular weight excluding hydrogens is 297 g/mol. The van der Waals surface area contributed by atoms with Crippen molar-refractivity contribution in [3.63, 3.8) is 0 Å². The van der Waals surface area contributed by atoms with Gasteiger partial charge < -0.3 is 14.8 Å². The van der Waals surface area contributed by atoms with Gasteiger partial charge in [-0.05, 0) is 37.4 Å². The van der Waals surface area contributed by atoms with E-state index in [-0.39, 0.29) is 0 Å². The van der Waals surface area contributed by atoms with Gasteiger partial charge in [0.1, 0.15) is 17.2 Å². The number of halogens is 2. The Morgan fingerprint density at radius 3 is 2.40 bits per heavy atom. The van der Waals surface area contributed by atoms with Crippen LogP contribution in [0, 0.1) is 0 Å². The summed E-state index contributed by atoms with van der Waals surface area (Å²) in [6.07, 6.45) is 0. The average molecular weight is 312 g/mol. The monoisotopic (exact) mass is 311 g/mol. The third-order valence-corrected chi connectivity index (χ3v) is 3.49. The Hall–Kier alpha value is -1.42. The van der Waals surface area contributed by atoms with Crippen molar-refractivity contribution in [1.82, 2.24) is 5.32 Å². The van der Waals surface area contributed by atoms with Gasteiger partial charge in [0.2, 0.25) is 0 Å². The van der Waals surface area contributed by atoms with Crippen LogP contribution >= 0.6 is 23.2 Å². The summed E-state index contributed by atoms with van der Waals surface area (Å²) in [5.41, 5.74) is 0.998. The molecule has 1 N–H and O–H groups in total. The summed E-state index contributed by atoms with van der Waals surface area (Å²) >= 11 is 11.9. The third kappa shape index (κ3) is 3.57. The Morgan fingerprint density at radius 2 is 1.75 bits per heavy atom. The van der Waals surface area contributed by atoms with E-state index in [1.165, 1.54) is 0 Å². The highest BCUT2D eigenvalue weighted by atomic mass is 35.5. The van der Waals surface area contributed by atoms with E-state index in [4.69, 9.17) is 32.7 Å². The fourth-order valence-electron chi connectivity index (χ4n) is 1.78. The molecule has 0 atom stereocenters. The lowest BCUT2D eigenvalue weighted by Gasteiger charge is -2.13. The highest BCUT2D eigenvalue weighted by Gasteiger charge is 2.08. The van der Waals surface area contributed by atoms with Gasteiger partial charge in [-0.1, -0.05) is 23.2 Å². The van der Waals surface area contributed by atoms with Gasteiger partial charge in [-0.25, -0.2) is 0 Å². The number of benzene rings is 2. The first-order valence-electron chi connectivity index (χ1n) is 6.08. The van der Waals surface area contributed by atoms with Crippen LogP contribution in [0.5, 0.6) is 17.2 Å². The SMILES string of the molecule is CNCc1cc(OC)ccc1Oc1ccc(Cl)c(Cl)c1. The second-order valence-corrected chi connectivity index (χ2v) is 5.00. The standard InChI is InChI=1S/C15H15Cl2NO2/c1-18-9-10-7-11(19-2)4-6-15(10)20-12-3-5-13(16)14(17)8-12/h3-8,18H,9H2,1-2H3. The molecule has 0 aliphatic heterocycles. The van der Waals surface area contributed by atoms with Crippen LogP contribution in [-0.2, 0) is 6.54 Å². The number of rotatable bonds is 5. The van der Waals surface area contributed by atoms with Gasteiger partial charge in [-0.2, -0.15) is 0 Å². The molecule has 0 saturated heterocycles. The molecule has 20 heavy (non-hydrogen) atoms. The van der Waals surface area contributed by atoms with E-state index < -0.39 is 0 Å². The Bertz CT molecular complexity index is 602. The van der Waals surface area contributed by atoms with Gasteiger partial charge in [0.25, 0.3) is 0 Å². The highest BCUT2D eigenvalue weighted by molar-refractivity contribution is 6.42. The van der Waals surface area contributed by atoms with Crippen LogP contribution in [0.3, 0.4) is 0 Å². The van der Waals surface area contributed by atoms with Crippen molar-refractivity contribution >= 4 is 23.2 Å². The second kappa shape index (κ2) is 6.84. The molecular formula is C15H15Cl2NO2. The fourth-order valence-corrected chi connectivity index (χ4v) is 2.07. The smallest absolute Gasteiger partial charge is 0.132 e. The molecule has 0 saturated carbocycles. The molecule has 0 bridgehead atoms. The normalized spacial score (nSPS) is 10.4. The Kier molecular flexibility index (Phi) is 5.12. The fraction of sp³-hybridized carbons (Fsp3) is 0.200. The molecule has 0 amide bonds. The number of hydrogen-bond donors (Lipinski definition) is 1. The van der Waals surface area contributed by atoms with E-state index in [9.17, 15) is 0 Å². The first kappa shape index (κ1) is 15.0. The van der Waals surface area contributed by atoms with Crippen LogP contribution in [-0.4, -0.2) is 14.2 Å². The summed E-state index contributed by atoms with van der Waals surface area (Å²) in [7, 11) is 3.51. The van der Waals surface area contributed by atoms with Crippen molar-refractivity contribution in [1.29, 1.82) is 0 Å². The predicted octanol–water partition coefficient (Wildman–Crippen LogP) is 4.51. The van der Waals surface area contributed by atoms with Crippen molar-refractivity contribution in [2.24, 2.45) is 0 Å². The molecule has 0 unspecified atom stereocenters. The number of hydrogen-bond acceptors (Lipinski definition) is 3. The van der Waals surface area contributed by atoms with Gasteiger partial charge >= 0.3 is 0 Å². The van der Waals surface area contributed by atoms with E-state index in [0.717, 1.165) is 17.1 Å². The first-order valence-corrected chi connectivity index (χ1v) is 6.84. The maximum absolute atomic E-state index is 5.98. The molecule has 0 aliphatic rings. The molecule has 0 spiro atoms. The van der Waals surface area contributed by atoms with Crippen molar-refractivity contribution in [2.45, 2.75) is 6.54 Å². The van der Waals surface area contributed by atoms with Crippen LogP contribution in [0.25, 0.3) is 0 Å². The summed E-state index contributed by atoms with van der Waals surface area (Å²) in [6, 6.07) is 10.8. The molecule has 106 valence electrons. The number of ether oxygens (including phenoxy) is 2. The van der Waals surface area contributed by atoms with Crippen LogP contribution in [0.1, 0.15) is 5.56 Å². The molecule has 3 nitrogen and oxygen atoms in total. The maximum atomic E-state index is 5.98. The van der Waals surface area contributed by atoms with E-state index >= 15 is 0 Å². The second-order valence-electron chi connectivity index (χ2n) is 4.18. The molecule has 2 rings (SSSR count). The lowest BCUT2D eigenvalue weighted by molar-refractivity contribution is 0.411. The van der Waals surface area contributed by atoms with Gasteiger partial charge in [-0.3, -0.25) is 0 Å².